The highest BCUT2D eigenvalue weighted by atomic mass is 35.5. The first-order valence-electron chi connectivity index (χ1n) is 4.98. The normalized spacial score (nSPS) is 26.3. The molecule has 4 heteroatoms. The predicted molar refractivity (Wildman–Crippen MR) is 61.7 cm³/mol. The number of halogens is 1. The molecular formula is C11H14ClN2O. The van der Waals surface area contributed by atoms with E-state index >= 15 is 0 Å². The summed E-state index contributed by atoms with van der Waals surface area (Å²) in [5, 5.41) is 4.10. The Labute approximate surface area is 94.6 Å². The van der Waals surface area contributed by atoms with E-state index in [0.29, 0.717) is 0 Å². The molecule has 1 radical (unpaired) electrons. The number of hydrogen-bond donors (Lipinski definition) is 2. The van der Waals surface area contributed by atoms with Gasteiger partial charge in [-0.25, -0.2) is 0 Å². The molecule has 1 aliphatic rings. The van der Waals surface area contributed by atoms with E-state index in [1.807, 2.05) is 24.3 Å². The van der Waals surface area contributed by atoms with Gasteiger partial charge in [-0.1, -0.05) is 11.6 Å². The van der Waals surface area contributed by atoms with Crippen LogP contribution in [0.25, 0.3) is 0 Å². The summed E-state index contributed by atoms with van der Waals surface area (Å²) in [4.78, 5) is 0. The molecule has 1 fully saturated rings. The third-order valence-corrected chi connectivity index (χ3v) is 2.71. The van der Waals surface area contributed by atoms with Crippen LogP contribution in [0.1, 0.15) is 6.42 Å². The summed E-state index contributed by atoms with van der Waals surface area (Å²) < 4.78 is 5.16. The lowest BCUT2D eigenvalue weighted by Gasteiger charge is -2.29. The van der Waals surface area contributed by atoms with Crippen molar-refractivity contribution in [2.24, 2.45) is 5.73 Å². The van der Waals surface area contributed by atoms with Crippen molar-refractivity contribution in [3.63, 3.8) is 0 Å². The van der Waals surface area contributed by atoms with Gasteiger partial charge in [0.1, 0.15) is 6.61 Å². The van der Waals surface area contributed by atoms with Crippen molar-refractivity contribution in [1.82, 2.24) is 0 Å². The van der Waals surface area contributed by atoms with E-state index in [0.717, 1.165) is 23.7 Å². The average molecular weight is 226 g/mol. The average Bonchev–Trinajstić information content (AvgIpc) is 2.25. The van der Waals surface area contributed by atoms with Gasteiger partial charge in [0, 0.05) is 23.4 Å². The molecule has 0 bridgehead atoms. The number of nitrogens with two attached hydrogens (primary N) is 1. The number of ether oxygens (including phenoxy) is 1. The summed E-state index contributed by atoms with van der Waals surface area (Å²) >= 11 is 5.80. The van der Waals surface area contributed by atoms with Gasteiger partial charge in [-0.05, 0) is 30.7 Å². The van der Waals surface area contributed by atoms with Crippen molar-refractivity contribution in [3.8, 4) is 0 Å². The Balaban J connectivity index is 1.98. The maximum atomic E-state index is 5.89. The predicted octanol–water partition coefficient (Wildman–Crippen LogP) is 2.03. The Morgan fingerprint density at radius 1 is 1.33 bits per heavy atom. The van der Waals surface area contributed by atoms with Gasteiger partial charge in [0.05, 0.1) is 6.04 Å². The van der Waals surface area contributed by atoms with Crippen LogP contribution in [-0.2, 0) is 4.74 Å². The molecule has 0 amide bonds. The summed E-state index contributed by atoms with van der Waals surface area (Å²) in [6.07, 6.45) is 0.917. The van der Waals surface area contributed by atoms with E-state index in [-0.39, 0.29) is 12.1 Å². The van der Waals surface area contributed by atoms with Crippen molar-refractivity contribution < 1.29 is 4.74 Å². The molecule has 3 nitrogen and oxygen atoms in total. The molecule has 15 heavy (non-hydrogen) atoms. The smallest absolute Gasteiger partial charge is 0.102 e. The molecular weight excluding hydrogens is 212 g/mol. The third kappa shape index (κ3) is 2.84. The molecule has 0 saturated carbocycles. The second-order valence-corrected chi connectivity index (χ2v) is 4.07. The van der Waals surface area contributed by atoms with Gasteiger partial charge in [-0.15, -0.1) is 0 Å². The second-order valence-electron chi connectivity index (χ2n) is 3.63. The number of nitrogens with one attached hydrogen (secondary N) is 1. The Morgan fingerprint density at radius 3 is 2.73 bits per heavy atom. The van der Waals surface area contributed by atoms with Crippen LogP contribution in [-0.4, -0.2) is 18.7 Å². The minimum atomic E-state index is -0.0607. The molecule has 1 saturated heterocycles. The summed E-state index contributed by atoms with van der Waals surface area (Å²) in [7, 11) is 0. The lowest BCUT2D eigenvalue weighted by molar-refractivity contribution is 0.134. The van der Waals surface area contributed by atoms with Gasteiger partial charge in [0.15, 0.2) is 0 Å². The van der Waals surface area contributed by atoms with Crippen LogP contribution in [0.5, 0.6) is 0 Å². The molecule has 1 heterocycles. The quantitative estimate of drug-likeness (QED) is 0.810. The Morgan fingerprint density at radius 2 is 2.07 bits per heavy atom. The fourth-order valence-electron chi connectivity index (χ4n) is 1.59. The molecule has 2 unspecified atom stereocenters. The van der Waals surface area contributed by atoms with E-state index in [2.05, 4.69) is 5.32 Å². The molecule has 3 N–H and O–H groups in total. The van der Waals surface area contributed by atoms with Crippen molar-refractivity contribution in [1.29, 1.82) is 0 Å². The largest absolute Gasteiger partial charge is 0.381 e. The highest BCUT2D eigenvalue weighted by molar-refractivity contribution is 6.30. The lowest BCUT2D eigenvalue weighted by Crippen LogP contribution is -2.45. The molecule has 1 aromatic rings. The molecule has 2 atom stereocenters. The zero-order valence-corrected chi connectivity index (χ0v) is 9.08. The van der Waals surface area contributed by atoms with E-state index in [9.17, 15) is 0 Å². The molecule has 0 aromatic heterocycles. The standard InChI is InChI=1S/C11H14ClN2O/c12-8-1-3-9(4-2-8)14-11-5-6-15-7-10(11)13/h1-4,7,10-11,14H,5-6,13H2. The molecule has 1 aliphatic heterocycles. The lowest BCUT2D eigenvalue weighted by atomic mass is 10.0. The summed E-state index contributed by atoms with van der Waals surface area (Å²) in [6, 6.07) is 7.79. The van der Waals surface area contributed by atoms with Gasteiger partial charge < -0.3 is 15.8 Å². The third-order valence-electron chi connectivity index (χ3n) is 2.46. The summed E-state index contributed by atoms with van der Waals surface area (Å²) in [5.41, 5.74) is 6.92. The zero-order valence-electron chi connectivity index (χ0n) is 8.32. The van der Waals surface area contributed by atoms with Crippen molar-refractivity contribution >= 4 is 17.3 Å². The van der Waals surface area contributed by atoms with Crippen LogP contribution in [0.4, 0.5) is 5.69 Å². The van der Waals surface area contributed by atoms with Crippen LogP contribution in [0, 0.1) is 6.61 Å². The number of rotatable bonds is 2. The van der Waals surface area contributed by atoms with Gasteiger partial charge in [0.2, 0.25) is 0 Å². The summed E-state index contributed by atoms with van der Waals surface area (Å²) in [5.74, 6) is 0. The van der Waals surface area contributed by atoms with Gasteiger partial charge in [0.25, 0.3) is 0 Å². The molecule has 0 spiro atoms. The van der Waals surface area contributed by atoms with Gasteiger partial charge in [-0.2, -0.15) is 0 Å². The Hall–Kier alpha value is -0.770. The van der Waals surface area contributed by atoms with Gasteiger partial charge >= 0.3 is 0 Å². The highest BCUT2D eigenvalue weighted by Gasteiger charge is 2.22. The topological polar surface area (TPSA) is 47.3 Å². The molecule has 1 aromatic carbocycles. The molecule has 81 valence electrons. The number of benzene rings is 1. The highest BCUT2D eigenvalue weighted by Crippen LogP contribution is 2.18. The van der Waals surface area contributed by atoms with E-state index in [4.69, 9.17) is 22.1 Å². The first-order valence-corrected chi connectivity index (χ1v) is 5.36. The van der Waals surface area contributed by atoms with Crippen LogP contribution >= 0.6 is 11.6 Å². The van der Waals surface area contributed by atoms with Crippen molar-refractivity contribution in [2.45, 2.75) is 18.5 Å². The first-order chi connectivity index (χ1) is 7.25. The van der Waals surface area contributed by atoms with E-state index in [1.165, 1.54) is 0 Å². The zero-order chi connectivity index (χ0) is 10.7. The fourth-order valence-corrected chi connectivity index (χ4v) is 1.72. The molecule has 2 rings (SSSR count). The maximum absolute atomic E-state index is 5.89. The minimum absolute atomic E-state index is 0.0607. The Bertz CT molecular complexity index is 315. The Kier molecular flexibility index (Phi) is 3.46. The maximum Gasteiger partial charge on any atom is 0.102 e. The monoisotopic (exact) mass is 225 g/mol. The van der Waals surface area contributed by atoms with Crippen LogP contribution in [0.15, 0.2) is 24.3 Å². The number of hydrogen-bond acceptors (Lipinski definition) is 3. The summed E-state index contributed by atoms with van der Waals surface area (Å²) in [6.45, 7) is 2.41. The van der Waals surface area contributed by atoms with Crippen LogP contribution in [0.2, 0.25) is 5.02 Å². The van der Waals surface area contributed by atoms with Crippen LogP contribution in [0.3, 0.4) is 0 Å². The van der Waals surface area contributed by atoms with E-state index in [1.54, 1.807) is 6.61 Å². The van der Waals surface area contributed by atoms with Gasteiger partial charge in [-0.3, -0.25) is 0 Å². The fraction of sp³-hybridized carbons (Fsp3) is 0.364. The second kappa shape index (κ2) is 4.84. The van der Waals surface area contributed by atoms with Crippen LogP contribution < -0.4 is 11.1 Å². The van der Waals surface area contributed by atoms with Crippen molar-refractivity contribution in [3.05, 3.63) is 35.9 Å². The number of anilines is 1. The minimum Gasteiger partial charge on any atom is -0.381 e. The first kappa shape index (κ1) is 10.7. The van der Waals surface area contributed by atoms with E-state index < -0.39 is 0 Å². The SMILES string of the molecule is NC1[CH]OCCC1Nc1ccc(Cl)cc1. The molecule has 0 aliphatic carbocycles. The van der Waals surface area contributed by atoms with Crippen molar-refractivity contribution in [2.75, 3.05) is 11.9 Å².